The van der Waals surface area contributed by atoms with Crippen molar-refractivity contribution in [2.75, 3.05) is 18.4 Å². The minimum Gasteiger partial charge on any atom is -0.326 e. The summed E-state index contributed by atoms with van der Waals surface area (Å²) in [5, 5.41) is 2.97. The molecule has 3 fully saturated rings. The first kappa shape index (κ1) is 16.1. The smallest absolute Gasteiger partial charge is 0.221 e. The zero-order valence-corrected chi connectivity index (χ0v) is 15.4. The third-order valence-corrected chi connectivity index (χ3v) is 6.53. The van der Waals surface area contributed by atoms with Crippen LogP contribution in [0, 0.1) is 11.8 Å². The van der Waals surface area contributed by atoms with Crippen LogP contribution < -0.4 is 5.32 Å². The van der Waals surface area contributed by atoms with Crippen LogP contribution in [0.25, 0.3) is 11.1 Å². The lowest BCUT2D eigenvalue weighted by Gasteiger charge is -2.31. The molecule has 26 heavy (non-hydrogen) atoms. The van der Waals surface area contributed by atoms with Gasteiger partial charge in [-0.25, -0.2) is 0 Å². The van der Waals surface area contributed by atoms with E-state index >= 15 is 0 Å². The predicted octanol–water partition coefficient (Wildman–Crippen LogP) is 4.84. The summed E-state index contributed by atoms with van der Waals surface area (Å²) in [6.45, 7) is 3.99. The largest absolute Gasteiger partial charge is 0.326 e. The van der Waals surface area contributed by atoms with Crippen molar-refractivity contribution in [3.05, 3.63) is 53.6 Å². The van der Waals surface area contributed by atoms with E-state index in [9.17, 15) is 4.79 Å². The molecule has 134 valence electrons. The second kappa shape index (κ2) is 6.24. The summed E-state index contributed by atoms with van der Waals surface area (Å²) in [4.78, 5) is 14.3. The molecule has 1 unspecified atom stereocenters. The number of amides is 1. The molecule has 2 aromatic carbocycles. The zero-order valence-electron chi connectivity index (χ0n) is 15.4. The van der Waals surface area contributed by atoms with Crippen LogP contribution in [0.2, 0.25) is 0 Å². The van der Waals surface area contributed by atoms with E-state index in [1.54, 1.807) is 6.92 Å². The maximum absolute atomic E-state index is 11.5. The number of carbonyl (C=O) groups is 1. The first-order valence-corrected chi connectivity index (χ1v) is 9.94. The van der Waals surface area contributed by atoms with Crippen LogP contribution in [0.5, 0.6) is 0 Å². The monoisotopic (exact) mass is 346 g/mol. The van der Waals surface area contributed by atoms with Crippen LogP contribution in [0.15, 0.2) is 42.5 Å². The van der Waals surface area contributed by atoms with Gasteiger partial charge in [0.05, 0.1) is 6.04 Å². The fourth-order valence-electron chi connectivity index (χ4n) is 5.40. The third kappa shape index (κ3) is 2.66. The lowest BCUT2D eigenvalue weighted by atomic mass is 9.84. The van der Waals surface area contributed by atoms with Gasteiger partial charge in [-0.1, -0.05) is 30.3 Å². The molecule has 3 heteroatoms. The number of nitrogens with one attached hydrogen (secondary N) is 1. The number of fused-ring (bicyclic) bond motifs is 7. The van der Waals surface area contributed by atoms with Crippen molar-refractivity contribution in [2.45, 2.75) is 38.6 Å². The Morgan fingerprint density at radius 3 is 2.27 bits per heavy atom. The van der Waals surface area contributed by atoms with E-state index in [-0.39, 0.29) is 5.91 Å². The topological polar surface area (TPSA) is 32.3 Å². The van der Waals surface area contributed by atoms with Gasteiger partial charge >= 0.3 is 0 Å². The number of hydrogen-bond donors (Lipinski definition) is 1. The maximum Gasteiger partial charge on any atom is 0.221 e. The minimum absolute atomic E-state index is 0.00942. The van der Waals surface area contributed by atoms with E-state index in [1.165, 1.54) is 61.0 Å². The average Bonchev–Trinajstić information content (AvgIpc) is 2.76. The molecule has 1 saturated carbocycles. The SMILES string of the molecule is CC(=O)Nc1ccc2c(c1)C(N1CC3CCC(CC3)C1)c1ccccc1-2. The predicted molar refractivity (Wildman–Crippen MR) is 105 cm³/mol. The van der Waals surface area contributed by atoms with Crippen molar-refractivity contribution >= 4 is 11.6 Å². The Kier molecular flexibility index (Phi) is 3.86. The quantitative estimate of drug-likeness (QED) is 0.844. The summed E-state index contributed by atoms with van der Waals surface area (Å²) in [6.07, 6.45) is 5.59. The number of benzene rings is 2. The van der Waals surface area contributed by atoms with E-state index in [0.29, 0.717) is 6.04 Å². The summed E-state index contributed by atoms with van der Waals surface area (Å²) in [5.74, 6) is 1.69. The molecule has 0 aromatic heterocycles. The van der Waals surface area contributed by atoms with Crippen molar-refractivity contribution in [1.29, 1.82) is 0 Å². The van der Waals surface area contributed by atoms with Gasteiger partial charge in [0, 0.05) is 25.7 Å². The number of anilines is 1. The summed E-state index contributed by atoms with van der Waals surface area (Å²) < 4.78 is 0. The molecule has 6 rings (SSSR count). The highest BCUT2D eigenvalue weighted by Gasteiger charge is 2.38. The normalized spacial score (nSPS) is 26.9. The first-order valence-electron chi connectivity index (χ1n) is 9.94. The van der Waals surface area contributed by atoms with Crippen molar-refractivity contribution in [3.63, 3.8) is 0 Å². The van der Waals surface area contributed by atoms with Gasteiger partial charge in [-0.2, -0.15) is 0 Å². The lowest BCUT2D eigenvalue weighted by molar-refractivity contribution is -0.114. The molecule has 2 saturated heterocycles. The van der Waals surface area contributed by atoms with E-state index in [0.717, 1.165) is 17.5 Å². The molecule has 2 aliphatic heterocycles. The van der Waals surface area contributed by atoms with Crippen molar-refractivity contribution in [2.24, 2.45) is 11.8 Å². The summed E-state index contributed by atoms with van der Waals surface area (Å²) in [7, 11) is 0. The summed E-state index contributed by atoms with van der Waals surface area (Å²) in [5.41, 5.74) is 6.39. The molecule has 0 spiro atoms. The van der Waals surface area contributed by atoms with Crippen LogP contribution in [0.4, 0.5) is 5.69 Å². The standard InChI is InChI=1S/C23H26N2O/c1-15(26)24-18-10-11-20-19-4-2-3-5-21(19)23(22(20)12-18)25-13-16-6-7-17(14-25)9-8-16/h2-5,10-12,16-17,23H,6-9,13-14H2,1H3,(H,24,26). The lowest BCUT2D eigenvalue weighted by Crippen LogP contribution is -2.32. The van der Waals surface area contributed by atoms with Crippen LogP contribution in [0.1, 0.15) is 49.8 Å². The van der Waals surface area contributed by atoms with Crippen LogP contribution in [0.3, 0.4) is 0 Å². The van der Waals surface area contributed by atoms with Crippen molar-refractivity contribution in [1.82, 2.24) is 4.90 Å². The molecule has 2 aliphatic carbocycles. The molecule has 2 heterocycles. The van der Waals surface area contributed by atoms with Crippen molar-refractivity contribution in [3.8, 4) is 11.1 Å². The Bertz CT molecular complexity index is 837. The summed E-state index contributed by atoms with van der Waals surface area (Å²) >= 11 is 0. The van der Waals surface area contributed by atoms with Crippen LogP contribution in [-0.2, 0) is 4.79 Å². The van der Waals surface area contributed by atoms with Gasteiger partial charge in [-0.15, -0.1) is 0 Å². The average molecular weight is 346 g/mol. The fourth-order valence-corrected chi connectivity index (χ4v) is 5.40. The molecular weight excluding hydrogens is 320 g/mol. The maximum atomic E-state index is 11.5. The number of hydrogen-bond acceptors (Lipinski definition) is 2. The summed E-state index contributed by atoms with van der Waals surface area (Å²) in [6, 6.07) is 15.6. The Labute approximate surface area is 155 Å². The molecule has 3 nitrogen and oxygen atoms in total. The highest BCUT2D eigenvalue weighted by atomic mass is 16.1. The van der Waals surface area contributed by atoms with Crippen molar-refractivity contribution < 1.29 is 4.79 Å². The highest BCUT2D eigenvalue weighted by Crippen LogP contribution is 2.49. The second-order valence-corrected chi connectivity index (χ2v) is 8.31. The highest BCUT2D eigenvalue weighted by molar-refractivity contribution is 5.90. The molecular formula is C23H26N2O. The Hall–Kier alpha value is -2.13. The molecule has 0 radical (unpaired) electrons. The minimum atomic E-state index is -0.00942. The molecule has 1 N–H and O–H groups in total. The number of rotatable bonds is 2. The molecule has 4 aliphatic rings. The molecule has 2 aromatic rings. The van der Waals surface area contributed by atoms with Gasteiger partial charge < -0.3 is 5.32 Å². The third-order valence-electron chi connectivity index (χ3n) is 6.53. The Morgan fingerprint density at radius 2 is 1.58 bits per heavy atom. The Balaban J connectivity index is 1.59. The van der Waals surface area contributed by atoms with Crippen LogP contribution in [-0.4, -0.2) is 23.9 Å². The van der Waals surface area contributed by atoms with Gasteiger partial charge in [-0.3, -0.25) is 9.69 Å². The fraction of sp³-hybridized carbons (Fsp3) is 0.435. The zero-order chi connectivity index (χ0) is 17.7. The molecule has 2 bridgehead atoms. The first-order chi connectivity index (χ1) is 12.7. The molecule has 1 amide bonds. The van der Waals surface area contributed by atoms with Gasteiger partial charge in [0.25, 0.3) is 0 Å². The number of nitrogens with zero attached hydrogens (tertiary/aromatic N) is 1. The van der Waals surface area contributed by atoms with Crippen LogP contribution >= 0.6 is 0 Å². The van der Waals surface area contributed by atoms with Gasteiger partial charge in [0.2, 0.25) is 5.91 Å². The van der Waals surface area contributed by atoms with E-state index < -0.39 is 0 Å². The van der Waals surface area contributed by atoms with E-state index in [2.05, 4.69) is 46.6 Å². The molecule has 1 atom stereocenters. The second-order valence-electron chi connectivity index (χ2n) is 8.31. The van der Waals surface area contributed by atoms with Gasteiger partial charge in [-0.05, 0) is 71.9 Å². The van der Waals surface area contributed by atoms with E-state index in [1.807, 2.05) is 6.07 Å². The van der Waals surface area contributed by atoms with Gasteiger partial charge in [0.15, 0.2) is 0 Å². The van der Waals surface area contributed by atoms with Gasteiger partial charge in [0.1, 0.15) is 0 Å². The Morgan fingerprint density at radius 1 is 0.923 bits per heavy atom. The van der Waals surface area contributed by atoms with E-state index in [4.69, 9.17) is 0 Å². The number of carbonyl (C=O) groups excluding carboxylic acids is 1.